The molecule has 1 saturated heterocycles. The number of hydrogen-bond acceptors (Lipinski definition) is 3. The summed E-state index contributed by atoms with van der Waals surface area (Å²) in [4.78, 5) is 10.5. The van der Waals surface area contributed by atoms with Crippen LogP contribution in [0.3, 0.4) is 0 Å². The number of rotatable bonds is 2. The van der Waals surface area contributed by atoms with Gasteiger partial charge in [-0.15, -0.1) is 0 Å². The summed E-state index contributed by atoms with van der Waals surface area (Å²) >= 11 is 0. The Hall–Kier alpha value is -0.610. The van der Waals surface area contributed by atoms with Gasteiger partial charge < -0.3 is 16.2 Å². The number of hydrogen-bond donors (Lipinski definition) is 2. The minimum absolute atomic E-state index is 0.141. The van der Waals surface area contributed by atoms with E-state index in [1.54, 1.807) is 0 Å². The van der Waals surface area contributed by atoms with Crippen molar-refractivity contribution in [3.8, 4) is 0 Å². The second kappa shape index (κ2) is 2.98. The standard InChI is InChI=1S/C6H12N2O2/c7-5(6(8)9)4-2-1-3-10-4/h4-5H,1-3,7H2,(H2,8,9). The second-order valence-corrected chi connectivity index (χ2v) is 2.48. The smallest absolute Gasteiger partial charge is 0.237 e. The molecule has 1 rings (SSSR count). The van der Waals surface area contributed by atoms with E-state index in [1.165, 1.54) is 0 Å². The zero-order valence-corrected chi connectivity index (χ0v) is 5.75. The van der Waals surface area contributed by atoms with Gasteiger partial charge in [0.15, 0.2) is 0 Å². The molecule has 1 aliphatic rings. The molecule has 4 nitrogen and oxygen atoms in total. The summed E-state index contributed by atoms with van der Waals surface area (Å²) in [6, 6.07) is -0.623. The molecule has 0 aromatic rings. The molecule has 2 unspecified atom stereocenters. The average molecular weight is 144 g/mol. The molecular formula is C6H12N2O2. The average Bonchev–Trinajstić information content (AvgIpc) is 2.36. The Morgan fingerprint density at radius 3 is 2.80 bits per heavy atom. The molecule has 58 valence electrons. The normalized spacial score (nSPS) is 28.3. The first-order valence-corrected chi connectivity index (χ1v) is 3.38. The third-order valence-corrected chi connectivity index (χ3v) is 1.69. The number of amides is 1. The largest absolute Gasteiger partial charge is 0.376 e. The van der Waals surface area contributed by atoms with E-state index in [4.69, 9.17) is 16.2 Å². The van der Waals surface area contributed by atoms with Crippen LogP contribution in [0.25, 0.3) is 0 Å². The van der Waals surface area contributed by atoms with Crippen LogP contribution < -0.4 is 11.5 Å². The number of primary amides is 1. The highest BCUT2D eigenvalue weighted by Crippen LogP contribution is 2.13. The van der Waals surface area contributed by atoms with Gasteiger partial charge in [0, 0.05) is 6.61 Å². The zero-order chi connectivity index (χ0) is 7.56. The molecule has 0 aliphatic carbocycles. The van der Waals surface area contributed by atoms with Gasteiger partial charge in [-0.05, 0) is 12.8 Å². The predicted octanol–water partition coefficient (Wildman–Crippen LogP) is -1.02. The van der Waals surface area contributed by atoms with Gasteiger partial charge in [0.2, 0.25) is 5.91 Å². The summed E-state index contributed by atoms with van der Waals surface area (Å²) in [6.45, 7) is 0.700. The van der Waals surface area contributed by atoms with Gasteiger partial charge in [0.1, 0.15) is 6.04 Å². The molecule has 1 aliphatic heterocycles. The summed E-state index contributed by atoms with van der Waals surface area (Å²) in [5.41, 5.74) is 10.4. The van der Waals surface area contributed by atoms with Crippen molar-refractivity contribution in [2.45, 2.75) is 25.0 Å². The molecule has 2 atom stereocenters. The van der Waals surface area contributed by atoms with Crippen molar-refractivity contribution < 1.29 is 9.53 Å². The molecule has 4 N–H and O–H groups in total. The molecule has 0 radical (unpaired) electrons. The van der Waals surface area contributed by atoms with Crippen molar-refractivity contribution >= 4 is 5.91 Å². The maximum absolute atomic E-state index is 10.5. The summed E-state index contributed by atoms with van der Waals surface area (Å²) in [5.74, 6) is -0.480. The van der Waals surface area contributed by atoms with Gasteiger partial charge in [0.05, 0.1) is 6.10 Å². The summed E-state index contributed by atoms with van der Waals surface area (Å²) < 4.78 is 5.15. The highest BCUT2D eigenvalue weighted by molar-refractivity contribution is 5.80. The molecule has 0 aromatic heterocycles. The predicted molar refractivity (Wildman–Crippen MR) is 36.1 cm³/mol. The molecule has 1 heterocycles. The van der Waals surface area contributed by atoms with Crippen LogP contribution in [-0.4, -0.2) is 24.7 Å². The lowest BCUT2D eigenvalue weighted by Gasteiger charge is -2.13. The van der Waals surface area contributed by atoms with Crippen LogP contribution in [0.15, 0.2) is 0 Å². The first-order chi connectivity index (χ1) is 4.72. The number of ether oxygens (including phenoxy) is 1. The van der Waals surface area contributed by atoms with E-state index in [9.17, 15) is 4.79 Å². The van der Waals surface area contributed by atoms with Crippen LogP contribution in [-0.2, 0) is 9.53 Å². The third kappa shape index (κ3) is 1.46. The number of nitrogens with two attached hydrogens (primary N) is 2. The Bertz CT molecular complexity index is 132. The molecule has 1 amide bonds. The van der Waals surface area contributed by atoms with Crippen LogP contribution in [0.4, 0.5) is 0 Å². The molecule has 0 spiro atoms. The van der Waals surface area contributed by atoms with Crippen LogP contribution >= 0.6 is 0 Å². The Kier molecular flexibility index (Phi) is 2.24. The minimum Gasteiger partial charge on any atom is -0.376 e. The SMILES string of the molecule is NC(=O)C(N)C1CCCO1. The van der Waals surface area contributed by atoms with Gasteiger partial charge in [-0.1, -0.05) is 0 Å². The van der Waals surface area contributed by atoms with Gasteiger partial charge in [-0.3, -0.25) is 4.79 Å². The van der Waals surface area contributed by atoms with Crippen molar-refractivity contribution in [3.05, 3.63) is 0 Å². The fraction of sp³-hybridized carbons (Fsp3) is 0.833. The highest BCUT2D eigenvalue weighted by Gasteiger charge is 2.26. The molecular weight excluding hydrogens is 132 g/mol. The highest BCUT2D eigenvalue weighted by atomic mass is 16.5. The van der Waals surface area contributed by atoms with E-state index in [0.29, 0.717) is 6.61 Å². The summed E-state index contributed by atoms with van der Waals surface area (Å²) in [6.07, 6.45) is 1.69. The number of carbonyl (C=O) groups excluding carboxylic acids is 1. The Labute approximate surface area is 59.5 Å². The second-order valence-electron chi connectivity index (χ2n) is 2.48. The molecule has 10 heavy (non-hydrogen) atoms. The van der Waals surface area contributed by atoms with Crippen molar-refractivity contribution in [2.75, 3.05) is 6.61 Å². The molecule has 0 saturated carbocycles. The van der Waals surface area contributed by atoms with Crippen molar-refractivity contribution in [3.63, 3.8) is 0 Å². The van der Waals surface area contributed by atoms with Gasteiger partial charge in [-0.2, -0.15) is 0 Å². The van der Waals surface area contributed by atoms with E-state index in [0.717, 1.165) is 12.8 Å². The molecule has 0 aromatic carbocycles. The van der Waals surface area contributed by atoms with E-state index < -0.39 is 11.9 Å². The fourth-order valence-electron chi connectivity index (χ4n) is 1.07. The lowest BCUT2D eigenvalue weighted by Crippen LogP contribution is -2.45. The Balaban J connectivity index is 2.39. The van der Waals surface area contributed by atoms with Crippen molar-refractivity contribution in [1.82, 2.24) is 0 Å². The maximum Gasteiger partial charge on any atom is 0.237 e. The quantitative estimate of drug-likeness (QED) is 0.520. The topological polar surface area (TPSA) is 78.3 Å². The van der Waals surface area contributed by atoms with Gasteiger partial charge in [-0.25, -0.2) is 0 Å². The third-order valence-electron chi connectivity index (χ3n) is 1.69. The molecule has 1 fully saturated rings. The maximum atomic E-state index is 10.5. The summed E-state index contributed by atoms with van der Waals surface area (Å²) in [7, 11) is 0. The van der Waals surface area contributed by atoms with Crippen LogP contribution in [0.1, 0.15) is 12.8 Å². The van der Waals surface area contributed by atoms with Crippen molar-refractivity contribution in [1.29, 1.82) is 0 Å². The summed E-state index contributed by atoms with van der Waals surface area (Å²) in [5, 5.41) is 0. The lowest BCUT2D eigenvalue weighted by atomic mass is 10.1. The molecule has 0 bridgehead atoms. The van der Waals surface area contributed by atoms with E-state index in [2.05, 4.69) is 0 Å². The minimum atomic E-state index is -0.623. The van der Waals surface area contributed by atoms with Crippen LogP contribution in [0, 0.1) is 0 Å². The van der Waals surface area contributed by atoms with E-state index in [-0.39, 0.29) is 6.10 Å². The Morgan fingerprint density at radius 2 is 2.40 bits per heavy atom. The van der Waals surface area contributed by atoms with E-state index in [1.807, 2.05) is 0 Å². The number of carbonyl (C=O) groups is 1. The van der Waals surface area contributed by atoms with Gasteiger partial charge >= 0.3 is 0 Å². The van der Waals surface area contributed by atoms with Gasteiger partial charge in [0.25, 0.3) is 0 Å². The fourth-order valence-corrected chi connectivity index (χ4v) is 1.07. The van der Waals surface area contributed by atoms with E-state index >= 15 is 0 Å². The lowest BCUT2D eigenvalue weighted by molar-refractivity contribution is -0.121. The first kappa shape index (κ1) is 7.50. The Morgan fingerprint density at radius 1 is 1.70 bits per heavy atom. The van der Waals surface area contributed by atoms with Crippen molar-refractivity contribution in [2.24, 2.45) is 11.5 Å². The van der Waals surface area contributed by atoms with Crippen LogP contribution in [0.2, 0.25) is 0 Å². The zero-order valence-electron chi connectivity index (χ0n) is 5.75. The van der Waals surface area contributed by atoms with Crippen LogP contribution in [0.5, 0.6) is 0 Å². The first-order valence-electron chi connectivity index (χ1n) is 3.38. The molecule has 4 heteroatoms. The monoisotopic (exact) mass is 144 g/mol.